The summed E-state index contributed by atoms with van der Waals surface area (Å²) in [5, 5.41) is 4.14. The van der Waals surface area contributed by atoms with Gasteiger partial charge in [0.05, 0.1) is 22.3 Å². The molecule has 0 saturated heterocycles. The van der Waals surface area contributed by atoms with Crippen molar-refractivity contribution in [1.29, 1.82) is 0 Å². The van der Waals surface area contributed by atoms with Gasteiger partial charge in [0.15, 0.2) is 6.29 Å². The van der Waals surface area contributed by atoms with E-state index in [1.54, 1.807) is 0 Å². The maximum Gasteiger partial charge on any atom is 0.174 e. The fourth-order valence-electron chi connectivity index (χ4n) is 1.39. The molecule has 0 heterocycles. The number of anilines is 1. The lowest BCUT2D eigenvalue weighted by atomic mass is 10.3. The average Bonchev–Trinajstić information content (AvgIpc) is 2.35. The Balaban J connectivity index is 2.64. The van der Waals surface area contributed by atoms with E-state index in [2.05, 4.69) is 21.2 Å². The minimum Gasteiger partial charge on any atom is -0.379 e. The Morgan fingerprint density at radius 1 is 1.17 bits per heavy atom. The predicted octanol–water partition coefficient (Wildman–Crippen LogP) is 4.57. The molecule has 1 N–H and O–H groups in total. The highest BCUT2D eigenvalue weighted by Gasteiger charge is 2.11. The summed E-state index contributed by atoms with van der Waals surface area (Å²) in [6.07, 6.45) is -0.293. The summed E-state index contributed by atoms with van der Waals surface area (Å²) in [4.78, 5) is 0. The SMILES string of the molecule is CCOC(CNc1ccc(Br)c(Cl)c1Cl)OCC. The number of ether oxygens (including phenoxy) is 2. The van der Waals surface area contributed by atoms with E-state index in [9.17, 15) is 0 Å². The van der Waals surface area contributed by atoms with Crippen molar-refractivity contribution < 1.29 is 9.47 Å². The van der Waals surface area contributed by atoms with Crippen molar-refractivity contribution in [2.75, 3.05) is 25.1 Å². The van der Waals surface area contributed by atoms with E-state index >= 15 is 0 Å². The lowest BCUT2D eigenvalue weighted by molar-refractivity contribution is -0.126. The van der Waals surface area contributed by atoms with E-state index in [0.29, 0.717) is 29.8 Å². The molecule has 102 valence electrons. The van der Waals surface area contributed by atoms with Gasteiger partial charge in [-0.1, -0.05) is 23.2 Å². The molecule has 0 spiro atoms. The van der Waals surface area contributed by atoms with Crippen LogP contribution in [0.4, 0.5) is 5.69 Å². The highest BCUT2D eigenvalue weighted by molar-refractivity contribution is 9.10. The first-order valence-electron chi connectivity index (χ1n) is 5.70. The van der Waals surface area contributed by atoms with Gasteiger partial charge in [-0.3, -0.25) is 0 Å². The van der Waals surface area contributed by atoms with Gasteiger partial charge in [-0.15, -0.1) is 0 Å². The van der Waals surface area contributed by atoms with Crippen LogP contribution in [0.15, 0.2) is 16.6 Å². The van der Waals surface area contributed by atoms with E-state index in [1.165, 1.54) is 0 Å². The number of benzene rings is 1. The first-order valence-corrected chi connectivity index (χ1v) is 7.25. The molecule has 1 aromatic carbocycles. The maximum atomic E-state index is 6.13. The second-order valence-electron chi connectivity index (χ2n) is 3.44. The summed E-state index contributed by atoms with van der Waals surface area (Å²) in [6.45, 7) is 5.56. The number of halogens is 3. The van der Waals surface area contributed by atoms with Crippen LogP contribution in [0.3, 0.4) is 0 Å². The van der Waals surface area contributed by atoms with Crippen LogP contribution in [0.5, 0.6) is 0 Å². The van der Waals surface area contributed by atoms with E-state index in [-0.39, 0.29) is 6.29 Å². The second kappa shape index (κ2) is 8.23. The van der Waals surface area contributed by atoms with Crippen molar-refractivity contribution in [3.05, 3.63) is 26.7 Å². The fraction of sp³-hybridized carbons (Fsp3) is 0.500. The third kappa shape index (κ3) is 4.59. The maximum absolute atomic E-state index is 6.13. The molecular weight excluding hydrogens is 341 g/mol. The third-order valence-corrected chi connectivity index (χ3v) is 3.97. The smallest absolute Gasteiger partial charge is 0.174 e. The Bertz CT molecular complexity index is 385. The van der Waals surface area contributed by atoms with E-state index in [4.69, 9.17) is 32.7 Å². The van der Waals surface area contributed by atoms with E-state index < -0.39 is 0 Å². The van der Waals surface area contributed by atoms with Gasteiger partial charge in [0, 0.05) is 17.7 Å². The molecule has 0 aromatic heterocycles. The topological polar surface area (TPSA) is 30.5 Å². The number of hydrogen-bond acceptors (Lipinski definition) is 3. The van der Waals surface area contributed by atoms with Crippen LogP contribution in [0.25, 0.3) is 0 Å². The fourth-order valence-corrected chi connectivity index (χ4v) is 2.23. The van der Waals surface area contributed by atoms with Gasteiger partial charge >= 0.3 is 0 Å². The highest BCUT2D eigenvalue weighted by Crippen LogP contribution is 2.35. The van der Waals surface area contributed by atoms with E-state index in [0.717, 1.165) is 10.2 Å². The van der Waals surface area contributed by atoms with Crippen LogP contribution in [0.2, 0.25) is 10.0 Å². The number of rotatable bonds is 7. The quantitative estimate of drug-likeness (QED) is 0.573. The van der Waals surface area contributed by atoms with Gasteiger partial charge < -0.3 is 14.8 Å². The Kier molecular flexibility index (Phi) is 7.34. The number of nitrogens with one attached hydrogen (secondary N) is 1. The molecule has 6 heteroatoms. The third-order valence-electron chi connectivity index (χ3n) is 2.20. The summed E-state index contributed by atoms with van der Waals surface area (Å²) in [7, 11) is 0. The summed E-state index contributed by atoms with van der Waals surface area (Å²) in [6, 6.07) is 3.69. The van der Waals surface area contributed by atoms with Crippen molar-refractivity contribution in [2.24, 2.45) is 0 Å². The standard InChI is InChI=1S/C12H16BrCl2NO2/c1-3-17-10(18-4-2)7-16-9-6-5-8(13)11(14)12(9)15/h5-6,10,16H,3-4,7H2,1-2H3. The van der Waals surface area contributed by atoms with Crippen molar-refractivity contribution >= 4 is 44.8 Å². The molecule has 18 heavy (non-hydrogen) atoms. The summed E-state index contributed by atoms with van der Waals surface area (Å²) in [5.41, 5.74) is 0.759. The largest absolute Gasteiger partial charge is 0.379 e. The van der Waals surface area contributed by atoms with Crippen LogP contribution < -0.4 is 5.32 Å². The molecule has 0 aliphatic heterocycles. The van der Waals surface area contributed by atoms with Crippen LogP contribution in [-0.4, -0.2) is 26.0 Å². The average molecular weight is 357 g/mol. The minimum atomic E-state index is -0.293. The molecule has 0 atom stereocenters. The molecule has 0 saturated carbocycles. The van der Waals surface area contributed by atoms with Crippen LogP contribution in [-0.2, 0) is 9.47 Å². The van der Waals surface area contributed by atoms with Gasteiger partial charge in [0.2, 0.25) is 0 Å². The van der Waals surface area contributed by atoms with Gasteiger partial charge in [0.25, 0.3) is 0 Å². The molecule has 0 bridgehead atoms. The zero-order chi connectivity index (χ0) is 13.5. The minimum absolute atomic E-state index is 0.293. The monoisotopic (exact) mass is 355 g/mol. The molecule has 3 nitrogen and oxygen atoms in total. The molecule has 1 rings (SSSR count). The molecule has 0 amide bonds. The Morgan fingerprint density at radius 3 is 2.33 bits per heavy atom. The summed E-state index contributed by atoms with van der Waals surface area (Å²) in [5.74, 6) is 0. The highest BCUT2D eigenvalue weighted by atomic mass is 79.9. The predicted molar refractivity (Wildman–Crippen MR) is 79.7 cm³/mol. The molecule has 0 aliphatic carbocycles. The van der Waals surface area contributed by atoms with Crippen molar-refractivity contribution in [3.8, 4) is 0 Å². The first-order chi connectivity index (χ1) is 8.60. The Hall–Kier alpha value is -0.0000000000000000763. The van der Waals surface area contributed by atoms with Crippen molar-refractivity contribution in [2.45, 2.75) is 20.1 Å². The summed E-state index contributed by atoms with van der Waals surface area (Å²) >= 11 is 15.5. The van der Waals surface area contributed by atoms with Gasteiger partial charge in [-0.25, -0.2) is 0 Å². The molecule has 0 fully saturated rings. The van der Waals surface area contributed by atoms with Crippen LogP contribution in [0.1, 0.15) is 13.8 Å². The summed E-state index contributed by atoms with van der Waals surface area (Å²) < 4.78 is 11.6. The van der Waals surface area contributed by atoms with Crippen LogP contribution >= 0.6 is 39.1 Å². The van der Waals surface area contributed by atoms with Gasteiger partial charge in [-0.2, -0.15) is 0 Å². The first kappa shape index (κ1) is 16.1. The van der Waals surface area contributed by atoms with Crippen LogP contribution in [0, 0.1) is 0 Å². The Morgan fingerprint density at radius 2 is 1.78 bits per heavy atom. The van der Waals surface area contributed by atoms with Crippen molar-refractivity contribution in [1.82, 2.24) is 0 Å². The normalized spacial score (nSPS) is 11.0. The molecule has 1 aromatic rings. The zero-order valence-corrected chi connectivity index (χ0v) is 13.4. The van der Waals surface area contributed by atoms with Crippen molar-refractivity contribution in [3.63, 3.8) is 0 Å². The van der Waals surface area contributed by atoms with Gasteiger partial charge in [0.1, 0.15) is 0 Å². The second-order valence-corrected chi connectivity index (χ2v) is 5.05. The molecule has 0 unspecified atom stereocenters. The molecule has 0 aliphatic rings. The molecule has 0 radical (unpaired) electrons. The lowest BCUT2D eigenvalue weighted by Crippen LogP contribution is -2.26. The molecular formula is C12H16BrCl2NO2. The van der Waals surface area contributed by atoms with E-state index in [1.807, 2.05) is 26.0 Å². The number of hydrogen-bond donors (Lipinski definition) is 1. The van der Waals surface area contributed by atoms with Gasteiger partial charge in [-0.05, 0) is 41.9 Å². The Labute approximate surface area is 126 Å². The lowest BCUT2D eigenvalue weighted by Gasteiger charge is -2.19. The zero-order valence-electron chi connectivity index (χ0n) is 10.3.